The van der Waals surface area contributed by atoms with Crippen LogP contribution in [-0.4, -0.2) is 30.4 Å². The van der Waals surface area contributed by atoms with Crippen LogP contribution in [0.2, 0.25) is 0 Å². The summed E-state index contributed by atoms with van der Waals surface area (Å²) in [6.45, 7) is 13.7. The van der Waals surface area contributed by atoms with Gasteiger partial charge in [0.05, 0.1) is 12.0 Å². The van der Waals surface area contributed by atoms with Crippen molar-refractivity contribution in [3.63, 3.8) is 0 Å². The Morgan fingerprint density at radius 3 is 2.13 bits per heavy atom. The molecule has 3 atom stereocenters. The third-order valence-electron chi connectivity index (χ3n) is 8.15. The van der Waals surface area contributed by atoms with E-state index in [1.807, 2.05) is 6.92 Å². The van der Waals surface area contributed by atoms with Gasteiger partial charge in [-0.15, -0.1) is 0 Å². The minimum Gasteiger partial charge on any atom is -0.457 e. The summed E-state index contributed by atoms with van der Waals surface area (Å²) in [5.41, 5.74) is -0.0557. The molecule has 0 N–H and O–H groups in total. The first kappa shape index (κ1) is 23.3. The summed E-state index contributed by atoms with van der Waals surface area (Å²) in [7, 11) is 0. The predicted octanol–water partition coefficient (Wildman–Crippen LogP) is 5.57. The van der Waals surface area contributed by atoms with Crippen LogP contribution in [0.15, 0.2) is 12.2 Å². The smallest absolute Gasteiger partial charge is 0.333 e. The SMILES string of the molecule is C=C(C)C(=O)OC1C(C(=O)OC(C)OC2CCCCC2)C2(C)CCC1(C(C)C)CC2. The van der Waals surface area contributed by atoms with Crippen LogP contribution < -0.4 is 0 Å². The van der Waals surface area contributed by atoms with Crippen LogP contribution in [-0.2, 0) is 23.8 Å². The molecule has 0 radical (unpaired) electrons. The van der Waals surface area contributed by atoms with E-state index in [0.717, 1.165) is 38.5 Å². The van der Waals surface area contributed by atoms with Gasteiger partial charge in [-0.3, -0.25) is 4.79 Å². The standard InChI is InChI=1S/C25H40O5/c1-16(2)22(26)30-21-20(24(6)12-14-25(21,15-13-24)17(3)4)23(27)29-18(5)28-19-10-8-7-9-11-19/h17-21H,1,7-15H2,2-6H3. The van der Waals surface area contributed by atoms with E-state index >= 15 is 0 Å². The fourth-order valence-electron chi connectivity index (χ4n) is 6.03. The van der Waals surface area contributed by atoms with Gasteiger partial charge in [-0.2, -0.15) is 0 Å². The van der Waals surface area contributed by atoms with E-state index in [4.69, 9.17) is 14.2 Å². The average Bonchev–Trinajstić information content (AvgIpc) is 2.68. The van der Waals surface area contributed by atoms with Gasteiger partial charge in [0.25, 0.3) is 0 Å². The van der Waals surface area contributed by atoms with Crippen molar-refractivity contribution >= 4 is 11.9 Å². The zero-order valence-corrected chi connectivity index (χ0v) is 19.5. The van der Waals surface area contributed by atoms with Gasteiger partial charge in [0.2, 0.25) is 0 Å². The molecule has 3 unspecified atom stereocenters. The molecule has 0 heterocycles. The third-order valence-corrected chi connectivity index (χ3v) is 8.15. The Kier molecular flexibility index (Phi) is 7.01. The monoisotopic (exact) mass is 420 g/mol. The summed E-state index contributed by atoms with van der Waals surface area (Å²) in [6.07, 6.45) is 8.57. The van der Waals surface area contributed by atoms with E-state index in [1.54, 1.807) is 6.92 Å². The van der Waals surface area contributed by atoms with Crippen molar-refractivity contribution in [2.75, 3.05) is 0 Å². The predicted molar refractivity (Wildman–Crippen MR) is 116 cm³/mol. The van der Waals surface area contributed by atoms with Gasteiger partial charge in [0.1, 0.15) is 6.10 Å². The van der Waals surface area contributed by atoms with Crippen LogP contribution in [0.25, 0.3) is 0 Å². The van der Waals surface area contributed by atoms with Gasteiger partial charge in [-0.1, -0.05) is 46.6 Å². The fraction of sp³-hybridized carbons (Fsp3) is 0.840. The Labute approximate surface area is 181 Å². The van der Waals surface area contributed by atoms with Crippen LogP contribution in [0.5, 0.6) is 0 Å². The molecule has 0 aromatic heterocycles. The molecule has 4 saturated carbocycles. The molecule has 4 rings (SSSR count). The molecule has 4 aliphatic rings. The van der Waals surface area contributed by atoms with Gasteiger partial charge >= 0.3 is 11.9 Å². The maximum Gasteiger partial charge on any atom is 0.333 e. The fourth-order valence-corrected chi connectivity index (χ4v) is 6.03. The highest BCUT2D eigenvalue weighted by Crippen LogP contribution is 2.63. The van der Waals surface area contributed by atoms with E-state index in [-0.39, 0.29) is 22.9 Å². The molecule has 5 heteroatoms. The first-order chi connectivity index (χ1) is 14.1. The second-order valence-corrected chi connectivity index (χ2v) is 10.5. The van der Waals surface area contributed by atoms with E-state index in [9.17, 15) is 9.59 Å². The highest BCUT2D eigenvalue weighted by molar-refractivity contribution is 5.87. The average molecular weight is 421 g/mol. The van der Waals surface area contributed by atoms with Gasteiger partial charge in [0, 0.05) is 11.0 Å². The second-order valence-electron chi connectivity index (χ2n) is 10.5. The maximum absolute atomic E-state index is 13.5. The van der Waals surface area contributed by atoms with E-state index in [1.165, 1.54) is 19.3 Å². The Balaban J connectivity index is 1.80. The van der Waals surface area contributed by atoms with Gasteiger partial charge < -0.3 is 14.2 Å². The number of carbonyl (C=O) groups is 2. The first-order valence-electron chi connectivity index (χ1n) is 11.8. The molecule has 0 amide bonds. The first-order valence-corrected chi connectivity index (χ1v) is 11.8. The van der Waals surface area contributed by atoms with Crippen molar-refractivity contribution in [3.8, 4) is 0 Å². The van der Waals surface area contributed by atoms with Gasteiger partial charge in [0.15, 0.2) is 6.29 Å². The molecular weight excluding hydrogens is 380 g/mol. The molecule has 0 spiro atoms. The van der Waals surface area contributed by atoms with Crippen molar-refractivity contribution in [3.05, 3.63) is 12.2 Å². The Bertz CT molecular complexity index is 652. The van der Waals surface area contributed by atoms with Crippen molar-refractivity contribution in [2.24, 2.45) is 22.7 Å². The lowest BCUT2D eigenvalue weighted by molar-refractivity contribution is -0.230. The molecule has 2 bridgehead atoms. The number of rotatable bonds is 7. The molecule has 0 saturated heterocycles. The molecule has 4 aliphatic carbocycles. The zero-order chi connectivity index (χ0) is 22.1. The summed E-state index contributed by atoms with van der Waals surface area (Å²) in [5, 5.41) is 0. The lowest BCUT2D eigenvalue weighted by Gasteiger charge is -2.61. The van der Waals surface area contributed by atoms with Crippen molar-refractivity contribution < 1.29 is 23.8 Å². The summed E-state index contributed by atoms with van der Waals surface area (Å²) in [5.74, 6) is -0.871. The second kappa shape index (κ2) is 9.02. The quantitative estimate of drug-likeness (QED) is 0.306. The largest absolute Gasteiger partial charge is 0.457 e. The number of ether oxygens (including phenoxy) is 3. The molecule has 5 nitrogen and oxygen atoms in total. The lowest BCUT2D eigenvalue weighted by atomic mass is 9.45. The van der Waals surface area contributed by atoms with Gasteiger partial charge in [-0.05, 0) is 63.7 Å². The minimum atomic E-state index is -0.586. The normalized spacial score (nSPS) is 35.1. The molecule has 4 fully saturated rings. The summed E-state index contributed by atoms with van der Waals surface area (Å²) in [6, 6.07) is 0. The molecule has 0 aromatic rings. The van der Waals surface area contributed by atoms with E-state index in [2.05, 4.69) is 27.4 Å². The third kappa shape index (κ3) is 4.46. The molecule has 0 aliphatic heterocycles. The Morgan fingerprint density at radius 1 is 1.00 bits per heavy atom. The number of carbonyl (C=O) groups excluding carboxylic acids is 2. The van der Waals surface area contributed by atoms with Crippen LogP contribution >= 0.6 is 0 Å². The lowest BCUT2D eigenvalue weighted by Crippen LogP contribution is -2.62. The van der Waals surface area contributed by atoms with Crippen LogP contribution in [0.4, 0.5) is 0 Å². The summed E-state index contributed by atoms with van der Waals surface area (Å²) >= 11 is 0. The van der Waals surface area contributed by atoms with Crippen LogP contribution in [0, 0.1) is 22.7 Å². The highest BCUT2D eigenvalue weighted by atomic mass is 16.7. The molecular formula is C25H40O5. The van der Waals surface area contributed by atoms with Crippen LogP contribution in [0.3, 0.4) is 0 Å². The number of esters is 2. The number of hydrogen-bond acceptors (Lipinski definition) is 5. The molecule has 170 valence electrons. The van der Waals surface area contributed by atoms with Gasteiger partial charge in [-0.25, -0.2) is 4.79 Å². The van der Waals surface area contributed by atoms with E-state index in [0.29, 0.717) is 11.5 Å². The summed E-state index contributed by atoms with van der Waals surface area (Å²) in [4.78, 5) is 26.0. The van der Waals surface area contributed by atoms with Crippen molar-refractivity contribution in [1.82, 2.24) is 0 Å². The Hall–Kier alpha value is -1.36. The Morgan fingerprint density at radius 2 is 1.60 bits per heavy atom. The van der Waals surface area contributed by atoms with Crippen molar-refractivity contribution in [1.29, 1.82) is 0 Å². The molecule has 30 heavy (non-hydrogen) atoms. The topological polar surface area (TPSA) is 61.8 Å². The minimum absolute atomic E-state index is 0.166. The maximum atomic E-state index is 13.5. The zero-order valence-electron chi connectivity index (χ0n) is 19.5. The van der Waals surface area contributed by atoms with Crippen LogP contribution in [0.1, 0.15) is 92.4 Å². The number of fused-ring (bicyclic) bond motifs is 3. The number of hydrogen-bond donors (Lipinski definition) is 0. The van der Waals surface area contributed by atoms with E-state index < -0.39 is 24.3 Å². The van der Waals surface area contributed by atoms with Crippen molar-refractivity contribution in [2.45, 2.75) is 111 Å². The molecule has 0 aromatic carbocycles. The highest BCUT2D eigenvalue weighted by Gasteiger charge is 2.64. The summed E-state index contributed by atoms with van der Waals surface area (Å²) < 4.78 is 17.9.